The van der Waals surface area contributed by atoms with Gasteiger partial charge in [-0.25, -0.2) is 4.98 Å². The SMILES string of the molecule is C[C@H]1C[C@H](C)CN(CC(=O)Nc2ncc(Cl)cc2Cl)C1. The van der Waals surface area contributed by atoms with Gasteiger partial charge in [0.25, 0.3) is 0 Å². The number of piperidine rings is 1. The van der Waals surface area contributed by atoms with Gasteiger partial charge >= 0.3 is 0 Å². The zero-order valence-corrected chi connectivity index (χ0v) is 13.2. The fourth-order valence-corrected chi connectivity index (χ4v) is 3.23. The van der Waals surface area contributed by atoms with E-state index in [2.05, 4.69) is 29.0 Å². The van der Waals surface area contributed by atoms with Gasteiger partial charge in [-0.3, -0.25) is 9.69 Å². The fourth-order valence-electron chi connectivity index (χ4n) is 2.80. The summed E-state index contributed by atoms with van der Waals surface area (Å²) in [4.78, 5) is 18.3. The third-order valence-electron chi connectivity index (χ3n) is 3.38. The third kappa shape index (κ3) is 4.33. The van der Waals surface area contributed by atoms with Crippen molar-refractivity contribution in [2.75, 3.05) is 25.0 Å². The Labute approximate surface area is 129 Å². The largest absolute Gasteiger partial charge is 0.308 e. The number of halogens is 2. The van der Waals surface area contributed by atoms with E-state index in [-0.39, 0.29) is 5.91 Å². The van der Waals surface area contributed by atoms with Crippen LogP contribution in [-0.4, -0.2) is 35.4 Å². The van der Waals surface area contributed by atoms with Crippen molar-refractivity contribution in [1.82, 2.24) is 9.88 Å². The Morgan fingerprint density at radius 3 is 2.65 bits per heavy atom. The summed E-state index contributed by atoms with van der Waals surface area (Å²) in [7, 11) is 0. The highest BCUT2D eigenvalue weighted by Gasteiger charge is 2.23. The lowest BCUT2D eigenvalue weighted by Gasteiger charge is -2.34. The number of carbonyl (C=O) groups excluding carboxylic acids is 1. The molecule has 0 aromatic carbocycles. The van der Waals surface area contributed by atoms with Gasteiger partial charge in [0.2, 0.25) is 5.91 Å². The van der Waals surface area contributed by atoms with Crippen LogP contribution in [0, 0.1) is 11.8 Å². The van der Waals surface area contributed by atoms with Gasteiger partial charge in [-0.1, -0.05) is 37.0 Å². The van der Waals surface area contributed by atoms with Crippen molar-refractivity contribution < 1.29 is 4.79 Å². The molecule has 1 amide bonds. The molecule has 0 radical (unpaired) electrons. The molecule has 6 heteroatoms. The standard InChI is InChI=1S/C14H19Cl2N3O/c1-9-3-10(2)7-19(6-9)8-13(20)18-14-12(16)4-11(15)5-17-14/h4-5,9-10H,3,6-8H2,1-2H3,(H,17,18,20)/t9-,10-/m0/s1. The first kappa shape index (κ1) is 15.5. The Kier molecular flexibility index (Phi) is 5.24. The topological polar surface area (TPSA) is 45.2 Å². The van der Waals surface area contributed by atoms with Crippen LogP contribution >= 0.6 is 23.2 Å². The zero-order chi connectivity index (χ0) is 14.7. The zero-order valence-electron chi connectivity index (χ0n) is 11.7. The summed E-state index contributed by atoms with van der Waals surface area (Å²) in [5.41, 5.74) is 0. The van der Waals surface area contributed by atoms with Gasteiger partial charge in [-0.05, 0) is 24.3 Å². The summed E-state index contributed by atoms with van der Waals surface area (Å²) < 4.78 is 0. The summed E-state index contributed by atoms with van der Waals surface area (Å²) in [6.45, 7) is 6.73. The van der Waals surface area contributed by atoms with Gasteiger partial charge < -0.3 is 5.32 Å². The van der Waals surface area contributed by atoms with Gasteiger partial charge in [0.05, 0.1) is 16.6 Å². The molecule has 0 aliphatic carbocycles. The maximum atomic E-state index is 12.0. The number of likely N-dealkylation sites (tertiary alicyclic amines) is 1. The van der Waals surface area contributed by atoms with E-state index in [1.165, 1.54) is 12.6 Å². The third-order valence-corrected chi connectivity index (χ3v) is 3.87. The molecule has 1 fully saturated rings. The molecule has 110 valence electrons. The van der Waals surface area contributed by atoms with E-state index in [0.717, 1.165) is 13.1 Å². The number of pyridine rings is 1. The summed E-state index contributed by atoms with van der Waals surface area (Å²) in [6.07, 6.45) is 2.69. The highest BCUT2D eigenvalue weighted by molar-refractivity contribution is 6.36. The molecular weight excluding hydrogens is 297 g/mol. The van der Waals surface area contributed by atoms with Crippen LogP contribution in [0.3, 0.4) is 0 Å². The number of nitrogens with one attached hydrogen (secondary N) is 1. The number of carbonyl (C=O) groups is 1. The molecule has 2 rings (SSSR count). The first-order valence-corrected chi connectivity index (χ1v) is 7.53. The Balaban J connectivity index is 1.92. The van der Waals surface area contributed by atoms with Crippen LogP contribution in [0.2, 0.25) is 10.0 Å². The van der Waals surface area contributed by atoms with Crippen LogP contribution in [0.25, 0.3) is 0 Å². The van der Waals surface area contributed by atoms with Crippen molar-refractivity contribution >= 4 is 34.9 Å². The Bertz CT molecular complexity index is 485. The molecule has 0 spiro atoms. The lowest BCUT2D eigenvalue weighted by atomic mass is 9.92. The van der Waals surface area contributed by atoms with Crippen LogP contribution < -0.4 is 5.32 Å². The molecule has 1 aliphatic heterocycles. The van der Waals surface area contributed by atoms with Crippen molar-refractivity contribution in [3.63, 3.8) is 0 Å². The van der Waals surface area contributed by atoms with E-state index in [1.807, 2.05) is 0 Å². The van der Waals surface area contributed by atoms with E-state index in [4.69, 9.17) is 23.2 Å². The van der Waals surface area contributed by atoms with Crippen LogP contribution in [-0.2, 0) is 4.79 Å². The van der Waals surface area contributed by atoms with E-state index < -0.39 is 0 Å². The van der Waals surface area contributed by atoms with Crippen molar-refractivity contribution in [1.29, 1.82) is 0 Å². The monoisotopic (exact) mass is 315 g/mol. The number of hydrogen-bond donors (Lipinski definition) is 1. The molecule has 1 aromatic heterocycles. The number of amides is 1. The summed E-state index contributed by atoms with van der Waals surface area (Å²) in [5.74, 6) is 1.52. The van der Waals surface area contributed by atoms with E-state index in [1.54, 1.807) is 6.07 Å². The predicted molar refractivity (Wildman–Crippen MR) is 82.3 cm³/mol. The number of hydrogen-bond acceptors (Lipinski definition) is 3. The summed E-state index contributed by atoms with van der Waals surface area (Å²) in [6, 6.07) is 1.57. The highest BCUT2D eigenvalue weighted by Crippen LogP contribution is 2.23. The van der Waals surface area contributed by atoms with Crippen LogP contribution in [0.15, 0.2) is 12.3 Å². The van der Waals surface area contributed by atoms with Gasteiger partial charge in [0.1, 0.15) is 0 Å². The smallest absolute Gasteiger partial charge is 0.239 e. The Hall–Kier alpha value is -0.840. The average molecular weight is 316 g/mol. The summed E-state index contributed by atoms with van der Waals surface area (Å²) in [5, 5.41) is 3.54. The lowest BCUT2D eigenvalue weighted by Crippen LogP contribution is -2.42. The van der Waals surface area contributed by atoms with Crippen molar-refractivity contribution in [3.05, 3.63) is 22.3 Å². The second-order valence-corrected chi connectivity index (χ2v) is 6.52. The van der Waals surface area contributed by atoms with Crippen LogP contribution in [0.4, 0.5) is 5.82 Å². The molecule has 2 atom stereocenters. The molecule has 1 aliphatic rings. The highest BCUT2D eigenvalue weighted by atomic mass is 35.5. The van der Waals surface area contributed by atoms with E-state index >= 15 is 0 Å². The van der Waals surface area contributed by atoms with Crippen LogP contribution in [0.5, 0.6) is 0 Å². The molecule has 1 aromatic rings. The molecule has 4 nitrogen and oxygen atoms in total. The minimum atomic E-state index is -0.0944. The molecule has 1 N–H and O–H groups in total. The van der Waals surface area contributed by atoms with Crippen molar-refractivity contribution in [2.45, 2.75) is 20.3 Å². The second-order valence-electron chi connectivity index (χ2n) is 5.67. The first-order valence-electron chi connectivity index (χ1n) is 6.77. The van der Waals surface area contributed by atoms with Gasteiger partial charge in [0, 0.05) is 19.3 Å². The quantitative estimate of drug-likeness (QED) is 0.930. The Morgan fingerprint density at radius 2 is 2.05 bits per heavy atom. The summed E-state index contributed by atoms with van der Waals surface area (Å²) >= 11 is 11.8. The van der Waals surface area contributed by atoms with Crippen molar-refractivity contribution in [2.24, 2.45) is 11.8 Å². The van der Waals surface area contributed by atoms with Crippen molar-refractivity contribution in [3.8, 4) is 0 Å². The molecular formula is C14H19Cl2N3O. The van der Waals surface area contributed by atoms with E-state index in [0.29, 0.717) is 34.2 Å². The first-order chi connectivity index (χ1) is 9.44. The molecule has 20 heavy (non-hydrogen) atoms. The van der Waals surface area contributed by atoms with Gasteiger partial charge in [-0.2, -0.15) is 0 Å². The second kappa shape index (κ2) is 6.74. The lowest BCUT2D eigenvalue weighted by molar-refractivity contribution is -0.117. The maximum absolute atomic E-state index is 12.0. The van der Waals surface area contributed by atoms with Crippen LogP contribution in [0.1, 0.15) is 20.3 Å². The predicted octanol–water partition coefficient (Wildman–Crippen LogP) is 3.30. The number of aromatic nitrogens is 1. The number of anilines is 1. The van der Waals surface area contributed by atoms with E-state index in [9.17, 15) is 4.79 Å². The normalized spacial score (nSPS) is 23.6. The molecule has 1 saturated heterocycles. The molecule has 2 heterocycles. The van der Waals surface area contributed by atoms with Gasteiger partial charge in [0.15, 0.2) is 5.82 Å². The number of rotatable bonds is 3. The minimum Gasteiger partial charge on any atom is -0.308 e. The Morgan fingerprint density at radius 1 is 1.40 bits per heavy atom. The number of nitrogens with zero attached hydrogens (tertiary/aromatic N) is 2. The van der Waals surface area contributed by atoms with Gasteiger partial charge in [-0.15, -0.1) is 0 Å². The molecule has 0 saturated carbocycles. The molecule has 0 bridgehead atoms. The fraction of sp³-hybridized carbons (Fsp3) is 0.571. The minimum absolute atomic E-state index is 0.0944. The average Bonchev–Trinajstić information content (AvgIpc) is 2.31. The maximum Gasteiger partial charge on any atom is 0.239 e. The molecule has 0 unspecified atom stereocenters.